The number of hydrogen-bond acceptors (Lipinski definition) is 3. The molecule has 0 aromatic carbocycles. The number of carbonyl (C=O) groups is 1. The average molecular weight is 211 g/mol. The van der Waals surface area contributed by atoms with E-state index in [0.29, 0.717) is 0 Å². The van der Waals surface area contributed by atoms with Crippen LogP contribution in [0.3, 0.4) is 0 Å². The molecule has 0 radical (unpaired) electrons. The molecule has 1 atom stereocenters. The lowest BCUT2D eigenvalue weighted by molar-refractivity contribution is -0.167. The molecule has 0 saturated heterocycles. The van der Waals surface area contributed by atoms with Gasteiger partial charge in [-0.15, -0.1) is 0 Å². The van der Waals surface area contributed by atoms with Gasteiger partial charge in [0.15, 0.2) is 0 Å². The van der Waals surface area contributed by atoms with Gasteiger partial charge in [0.1, 0.15) is 0 Å². The highest BCUT2D eigenvalue weighted by Crippen LogP contribution is 2.15. The van der Waals surface area contributed by atoms with Crippen LogP contribution in [0.5, 0.6) is 0 Å². The minimum Gasteiger partial charge on any atom is -0.477 e. The molecule has 84 valence electrons. The van der Waals surface area contributed by atoms with E-state index in [1.54, 1.807) is 6.92 Å². The Balaban J connectivity index is 4.16. The van der Waals surface area contributed by atoms with Gasteiger partial charge < -0.3 is 9.84 Å². The van der Waals surface area contributed by atoms with Crippen molar-refractivity contribution in [2.45, 2.75) is 18.9 Å². The normalized spacial score (nSPS) is 14.4. The third-order valence-corrected chi connectivity index (χ3v) is 1.92. The first-order valence-corrected chi connectivity index (χ1v) is 4.11. The second kappa shape index (κ2) is 5.21. The third-order valence-electron chi connectivity index (χ3n) is 1.92. The van der Waals surface area contributed by atoms with Crippen molar-refractivity contribution in [2.24, 2.45) is 0 Å². The summed E-state index contributed by atoms with van der Waals surface area (Å²) in [6, 6.07) is -0.245. The predicted octanol–water partition coefficient (Wildman–Crippen LogP) is 0.673. The first-order chi connectivity index (χ1) is 6.31. The quantitative estimate of drug-likeness (QED) is 0.701. The Morgan fingerprint density at radius 2 is 2.14 bits per heavy atom. The molecule has 0 heterocycles. The van der Waals surface area contributed by atoms with Crippen LogP contribution in [0.4, 0.5) is 8.78 Å². The maximum absolute atomic E-state index is 12.7. The van der Waals surface area contributed by atoms with Gasteiger partial charge in [-0.2, -0.15) is 8.78 Å². The minimum absolute atomic E-state index is 0.245. The predicted molar refractivity (Wildman–Crippen MR) is 46.6 cm³/mol. The zero-order chi connectivity index (χ0) is 11.4. The Bertz CT molecular complexity index is 199. The number of hydrogen-bond donors (Lipinski definition) is 1. The standard InChI is InChI=1S/C8H15F2NO3/c1-6(4-14-3)11(2)5-8(9,10)7(12)13/h6H,4-5H2,1-3H3,(H,12,13). The van der Waals surface area contributed by atoms with E-state index < -0.39 is 18.4 Å². The van der Waals surface area contributed by atoms with Crippen LogP contribution in [0.25, 0.3) is 0 Å². The van der Waals surface area contributed by atoms with Crippen LogP contribution < -0.4 is 0 Å². The number of halogens is 2. The lowest BCUT2D eigenvalue weighted by Gasteiger charge is -2.26. The summed E-state index contributed by atoms with van der Waals surface area (Å²) in [4.78, 5) is 11.4. The Morgan fingerprint density at radius 3 is 2.50 bits per heavy atom. The fraction of sp³-hybridized carbons (Fsp3) is 0.875. The monoisotopic (exact) mass is 211 g/mol. The van der Waals surface area contributed by atoms with Crippen LogP contribution in [0.1, 0.15) is 6.92 Å². The number of rotatable bonds is 6. The molecule has 4 nitrogen and oxygen atoms in total. The van der Waals surface area contributed by atoms with Gasteiger partial charge in [-0.3, -0.25) is 4.90 Å². The Labute approximate surface area is 81.5 Å². The maximum atomic E-state index is 12.7. The molecule has 1 unspecified atom stereocenters. The van der Waals surface area contributed by atoms with E-state index in [-0.39, 0.29) is 12.6 Å². The van der Waals surface area contributed by atoms with Crippen LogP contribution >= 0.6 is 0 Å². The van der Waals surface area contributed by atoms with Gasteiger partial charge in [-0.25, -0.2) is 4.79 Å². The first kappa shape index (κ1) is 13.2. The van der Waals surface area contributed by atoms with Crippen molar-refractivity contribution in [1.82, 2.24) is 4.90 Å². The molecule has 0 aliphatic carbocycles. The lowest BCUT2D eigenvalue weighted by Crippen LogP contribution is -2.45. The van der Waals surface area contributed by atoms with Crippen molar-refractivity contribution in [3.8, 4) is 0 Å². The summed E-state index contributed by atoms with van der Waals surface area (Å²) in [6.45, 7) is 1.15. The highest BCUT2D eigenvalue weighted by atomic mass is 19.3. The summed E-state index contributed by atoms with van der Waals surface area (Å²) in [7, 11) is 2.89. The second-order valence-electron chi connectivity index (χ2n) is 3.23. The topological polar surface area (TPSA) is 49.8 Å². The van der Waals surface area contributed by atoms with Crippen molar-refractivity contribution < 1.29 is 23.4 Å². The van der Waals surface area contributed by atoms with Crippen molar-refractivity contribution >= 4 is 5.97 Å². The summed E-state index contributed by atoms with van der Waals surface area (Å²) >= 11 is 0. The van der Waals surface area contributed by atoms with Crippen molar-refractivity contribution in [1.29, 1.82) is 0 Å². The van der Waals surface area contributed by atoms with Gasteiger partial charge in [0.25, 0.3) is 0 Å². The van der Waals surface area contributed by atoms with Crippen LogP contribution in [-0.2, 0) is 9.53 Å². The molecule has 0 bridgehead atoms. The van der Waals surface area contributed by atoms with E-state index in [1.807, 2.05) is 0 Å². The first-order valence-electron chi connectivity index (χ1n) is 4.11. The summed E-state index contributed by atoms with van der Waals surface area (Å²) in [5.41, 5.74) is 0. The number of carboxylic acid groups (broad SMARTS) is 1. The molecule has 0 aliphatic rings. The van der Waals surface area contributed by atoms with Gasteiger partial charge in [-0.1, -0.05) is 0 Å². The van der Waals surface area contributed by atoms with E-state index in [4.69, 9.17) is 9.84 Å². The van der Waals surface area contributed by atoms with E-state index in [0.717, 1.165) is 0 Å². The zero-order valence-corrected chi connectivity index (χ0v) is 8.46. The zero-order valence-electron chi connectivity index (χ0n) is 8.46. The van der Waals surface area contributed by atoms with Gasteiger partial charge in [0, 0.05) is 13.2 Å². The van der Waals surface area contributed by atoms with Gasteiger partial charge in [-0.05, 0) is 14.0 Å². The summed E-state index contributed by atoms with van der Waals surface area (Å²) in [6.07, 6.45) is 0. The van der Waals surface area contributed by atoms with E-state index in [1.165, 1.54) is 19.1 Å². The second-order valence-corrected chi connectivity index (χ2v) is 3.23. The van der Waals surface area contributed by atoms with Gasteiger partial charge in [0.2, 0.25) is 0 Å². The minimum atomic E-state index is -3.71. The fourth-order valence-corrected chi connectivity index (χ4v) is 0.905. The number of carboxylic acids is 1. The van der Waals surface area contributed by atoms with E-state index >= 15 is 0 Å². The molecule has 0 aromatic heterocycles. The van der Waals surface area contributed by atoms with E-state index in [9.17, 15) is 13.6 Å². The summed E-state index contributed by atoms with van der Waals surface area (Å²) < 4.78 is 30.2. The van der Waals surface area contributed by atoms with Crippen molar-refractivity contribution in [3.05, 3.63) is 0 Å². The summed E-state index contributed by atoms with van der Waals surface area (Å²) in [5.74, 6) is -5.81. The Hall–Kier alpha value is -0.750. The molecule has 0 aromatic rings. The molecule has 0 saturated carbocycles. The average Bonchev–Trinajstić information content (AvgIpc) is 2.03. The summed E-state index contributed by atoms with van der Waals surface area (Å²) in [5, 5.41) is 8.19. The molecule has 0 spiro atoms. The number of aliphatic carboxylic acids is 1. The number of ether oxygens (including phenoxy) is 1. The van der Waals surface area contributed by atoms with Crippen LogP contribution in [0, 0.1) is 0 Å². The number of methoxy groups -OCH3 is 1. The molecule has 0 aliphatic heterocycles. The molecule has 14 heavy (non-hydrogen) atoms. The number of nitrogens with zero attached hydrogens (tertiary/aromatic N) is 1. The number of alkyl halides is 2. The SMILES string of the molecule is COCC(C)N(C)CC(F)(F)C(=O)O. The van der Waals surface area contributed by atoms with Crippen LogP contribution in [-0.4, -0.2) is 55.2 Å². The molecule has 6 heteroatoms. The Morgan fingerprint density at radius 1 is 1.64 bits per heavy atom. The highest BCUT2D eigenvalue weighted by Gasteiger charge is 2.40. The molecule has 0 rings (SSSR count). The molecule has 0 fully saturated rings. The maximum Gasteiger partial charge on any atom is 0.375 e. The van der Waals surface area contributed by atoms with Crippen molar-refractivity contribution in [2.75, 3.05) is 27.3 Å². The van der Waals surface area contributed by atoms with Gasteiger partial charge >= 0.3 is 11.9 Å². The van der Waals surface area contributed by atoms with Gasteiger partial charge in [0.05, 0.1) is 13.2 Å². The largest absolute Gasteiger partial charge is 0.477 e. The third kappa shape index (κ3) is 3.97. The Kier molecular flexibility index (Phi) is 4.93. The van der Waals surface area contributed by atoms with Crippen LogP contribution in [0.2, 0.25) is 0 Å². The molecule has 1 N–H and O–H groups in total. The number of likely N-dealkylation sites (N-methyl/N-ethyl adjacent to an activating group) is 1. The van der Waals surface area contributed by atoms with E-state index in [2.05, 4.69) is 0 Å². The fourth-order valence-electron chi connectivity index (χ4n) is 0.905. The smallest absolute Gasteiger partial charge is 0.375 e. The molecule has 0 amide bonds. The van der Waals surface area contributed by atoms with Crippen molar-refractivity contribution in [3.63, 3.8) is 0 Å². The molecular weight excluding hydrogens is 196 g/mol. The van der Waals surface area contributed by atoms with Crippen LogP contribution in [0.15, 0.2) is 0 Å². The lowest BCUT2D eigenvalue weighted by atomic mass is 10.2. The highest BCUT2D eigenvalue weighted by molar-refractivity contribution is 5.75. The molecular formula is C8H15F2NO3.